The molecule has 1 atom stereocenters. The summed E-state index contributed by atoms with van der Waals surface area (Å²) >= 11 is 2.99. The SMILES string of the molecule is CC1(C)CCC(NC(=O)c2c(F)cc(Br)cc2F)C1. The summed E-state index contributed by atoms with van der Waals surface area (Å²) in [6, 6.07) is 2.18. The molecule has 1 N–H and O–H groups in total. The molecule has 1 amide bonds. The van der Waals surface area contributed by atoms with Crippen molar-refractivity contribution in [3.05, 3.63) is 33.8 Å². The summed E-state index contributed by atoms with van der Waals surface area (Å²) in [5, 5.41) is 2.72. The van der Waals surface area contributed by atoms with Crippen LogP contribution in [0.25, 0.3) is 0 Å². The Morgan fingerprint density at radius 2 is 1.95 bits per heavy atom. The van der Waals surface area contributed by atoms with E-state index in [1.807, 2.05) is 0 Å². The van der Waals surface area contributed by atoms with Crippen LogP contribution in [0.4, 0.5) is 8.78 Å². The van der Waals surface area contributed by atoms with E-state index >= 15 is 0 Å². The van der Waals surface area contributed by atoms with Gasteiger partial charge in [0.25, 0.3) is 5.91 Å². The molecule has 2 nitrogen and oxygen atoms in total. The molecule has 0 spiro atoms. The molecule has 1 saturated carbocycles. The van der Waals surface area contributed by atoms with Crippen molar-refractivity contribution in [2.45, 2.75) is 39.2 Å². The second-order valence-electron chi connectivity index (χ2n) is 5.82. The largest absolute Gasteiger partial charge is 0.349 e. The minimum Gasteiger partial charge on any atom is -0.349 e. The van der Waals surface area contributed by atoms with E-state index in [1.54, 1.807) is 0 Å². The van der Waals surface area contributed by atoms with E-state index in [-0.39, 0.29) is 15.9 Å². The second-order valence-corrected chi connectivity index (χ2v) is 6.74. The number of amides is 1. The van der Waals surface area contributed by atoms with Gasteiger partial charge in [-0.25, -0.2) is 8.78 Å². The van der Waals surface area contributed by atoms with Crippen LogP contribution in [0.2, 0.25) is 0 Å². The summed E-state index contributed by atoms with van der Waals surface area (Å²) in [5.74, 6) is -2.37. The molecule has 1 aliphatic carbocycles. The molecule has 1 aromatic carbocycles. The molecule has 0 aliphatic heterocycles. The predicted octanol–water partition coefficient (Wildman–Crippen LogP) is 4.04. The van der Waals surface area contributed by atoms with Gasteiger partial charge in [0.2, 0.25) is 0 Å². The first-order valence-electron chi connectivity index (χ1n) is 6.24. The minimum absolute atomic E-state index is 0.00931. The van der Waals surface area contributed by atoms with Crippen LogP contribution in [-0.4, -0.2) is 11.9 Å². The molecule has 19 heavy (non-hydrogen) atoms. The minimum atomic E-state index is -0.846. The lowest BCUT2D eigenvalue weighted by Gasteiger charge is -2.18. The molecule has 0 heterocycles. The summed E-state index contributed by atoms with van der Waals surface area (Å²) in [5.41, 5.74) is -0.331. The number of halogens is 3. The van der Waals surface area contributed by atoms with Crippen LogP contribution in [0, 0.1) is 17.0 Å². The zero-order chi connectivity index (χ0) is 14.2. The smallest absolute Gasteiger partial charge is 0.257 e. The second kappa shape index (κ2) is 5.19. The van der Waals surface area contributed by atoms with Gasteiger partial charge in [0.15, 0.2) is 0 Å². The summed E-state index contributed by atoms with van der Waals surface area (Å²) in [6.45, 7) is 4.25. The lowest BCUT2D eigenvalue weighted by molar-refractivity contribution is 0.0927. The van der Waals surface area contributed by atoms with Crippen molar-refractivity contribution in [3.8, 4) is 0 Å². The van der Waals surface area contributed by atoms with Gasteiger partial charge >= 0.3 is 0 Å². The molecular formula is C14H16BrF2NO. The van der Waals surface area contributed by atoms with Gasteiger partial charge in [0.05, 0.1) is 0 Å². The molecular weight excluding hydrogens is 316 g/mol. The summed E-state index contributed by atoms with van der Waals surface area (Å²) in [6.07, 6.45) is 2.68. The van der Waals surface area contributed by atoms with Gasteiger partial charge in [-0.1, -0.05) is 29.8 Å². The molecule has 1 aliphatic rings. The number of hydrogen-bond acceptors (Lipinski definition) is 1. The van der Waals surface area contributed by atoms with E-state index in [1.165, 1.54) is 0 Å². The quantitative estimate of drug-likeness (QED) is 0.870. The maximum Gasteiger partial charge on any atom is 0.257 e. The Labute approximate surface area is 119 Å². The van der Waals surface area contributed by atoms with Crippen molar-refractivity contribution < 1.29 is 13.6 Å². The number of carbonyl (C=O) groups is 1. The van der Waals surface area contributed by atoms with E-state index < -0.39 is 23.1 Å². The number of benzene rings is 1. The summed E-state index contributed by atoms with van der Waals surface area (Å²) in [7, 11) is 0. The Kier molecular flexibility index (Phi) is 3.95. The monoisotopic (exact) mass is 331 g/mol. The first kappa shape index (κ1) is 14.4. The highest BCUT2D eigenvalue weighted by atomic mass is 79.9. The molecule has 5 heteroatoms. The average molecular weight is 332 g/mol. The van der Waals surface area contributed by atoms with Gasteiger partial charge in [-0.2, -0.15) is 0 Å². The van der Waals surface area contributed by atoms with Crippen LogP contribution in [0.3, 0.4) is 0 Å². The average Bonchev–Trinajstić information content (AvgIpc) is 2.56. The topological polar surface area (TPSA) is 29.1 Å². The fourth-order valence-corrected chi connectivity index (χ4v) is 2.98. The molecule has 0 bridgehead atoms. The van der Waals surface area contributed by atoms with Crippen LogP contribution < -0.4 is 5.32 Å². The van der Waals surface area contributed by atoms with Crippen LogP contribution in [0.5, 0.6) is 0 Å². The molecule has 0 saturated heterocycles. The highest BCUT2D eigenvalue weighted by molar-refractivity contribution is 9.10. The van der Waals surface area contributed by atoms with Gasteiger partial charge in [-0.3, -0.25) is 4.79 Å². The third-order valence-electron chi connectivity index (χ3n) is 3.54. The van der Waals surface area contributed by atoms with Gasteiger partial charge < -0.3 is 5.32 Å². The molecule has 1 fully saturated rings. The first-order chi connectivity index (χ1) is 8.78. The fourth-order valence-electron chi connectivity index (χ4n) is 2.58. The number of hydrogen-bond donors (Lipinski definition) is 1. The zero-order valence-electron chi connectivity index (χ0n) is 10.9. The van der Waals surface area contributed by atoms with Gasteiger partial charge in [-0.05, 0) is 36.8 Å². The maximum atomic E-state index is 13.7. The molecule has 0 radical (unpaired) electrons. The van der Waals surface area contributed by atoms with Gasteiger partial charge in [0, 0.05) is 10.5 Å². The summed E-state index contributed by atoms with van der Waals surface area (Å²) < 4.78 is 27.6. The first-order valence-corrected chi connectivity index (χ1v) is 7.03. The Morgan fingerprint density at radius 1 is 1.37 bits per heavy atom. The Hall–Kier alpha value is -0.970. The lowest BCUT2D eigenvalue weighted by Crippen LogP contribution is -2.34. The van der Waals surface area contributed by atoms with E-state index in [0.29, 0.717) is 0 Å². The predicted molar refractivity (Wildman–Crippen MR) is 72.9 cm³/mol. The zero-order valence-corrected chi connectivity index (χ0v) is 12.5. The number of carbonyl (C=O) groups excluding carboxylic acids is 1. The highest BCUT2D eigenvalue weighted by Gasteiger charge is 2.32. The van der Waals surface area contributed by atoms with E-state index in [9.17, 15) is 13.6 Å². The normalized spacial score (nSPS) is 21.4. The molecule has 2 rings (SSSR count). The molecule has 1 aromatic rings. The standard InChI is InChI=1S/C14H16BrF2NO/c1-14(2)4-3-9(7-14)18-13(19)12-10(16)5-8(15)6-11(12)17/h5-6,9H,3-4,7H2,1-2H3,(H,18,19). The van der Waals surface area contributed by atoms with Crippen molar-refractivity contribution >= 4 is 21.8 Å². The Balaban J connectivity index is 2.13. The van der Waals surface area contributed by atoms with Crippen LogP contribution in [0.15, 0.2) is 16.6 Å². The maximum absolute atomic E-state index is 13.7. The van der Waals surface area contributed by atoms with Crippen LogP contribution in [0.1, 0.15) is 43.5 Å². The molecule has 1 unspecified atom stereocenters. The van der Waals surface area contributed by atoms with Crippen molar-refractivity contribution in [2.75, 3.05) is 0 Å². The third kappa shape index (κ3) is 3.32. The van der Waals surface area contributed by atoms with Gasteiger partial charge in [-0.15, -0.1) is 0 Å². The lowest BCUT2D eigenvalue weighted by atomic mass is 9.92. The Bertz CT molecular complexity index is 493. The van der Waals surface area contributed by atoms with Crippen molar-refractivity contribution in [2.24, 2.45) is 5.41 Å². The van der Waals surface area contributed by atoms with Crippen molar-refractivity contribution in [1.29, 1.82) is 0 Å². The van der Waals surface area contributed by atoms with Crippen molar-refractivity contribution in [1.82, 2.24) is 5.32 Å². The van der Waals surface area contributed by atoms with E-state index in [2.05, 4.69) is 35.1 Å². The number of nitrogens with one attached hydrogen (secondary N) is 1. The fraction of sp³-hybridized carbons (Fsp3) is 0.500. The highest BCUT2D eigenvalue weighted by Crippen LogP contribution is 2.37. The molecule has 104 valence electrons. The third-order valence-corrected chi connectivity index (χ3v) is 4.00. The Morgan fingerprint density at radius 3 is 2.42 bits per heavy atom. The van der Waals surface area contributed by atoms with Gasteiger partial charge in [0.1, 0.15) is 17.2 Å². The summed E-state index contributed by atoms with van der Waals surface area (Å²) in [4.78, 5) is 12.0. The van der Waals surface area contributed by atoms with Crippen LogP contribution >= 0.6 is 15.9 Å². The van der Waals surface area contributed by atoms with E-state index in [0.717, 1.165) is 31.4 Å². The molecule has 0 aromatic heterocycles. The van der Waals surface area contributed by atoms with Crippen molar-refractivity contribution in [3.63, 3.8) is 0 Å². The van der Waals surface area contributed by atoms with E-state index in [4.69, 9.17) is 0 Å². The van der Waals surface area contributed by atoms with Crippen LogP contribution in [-0.2, 0) is 0 Å². The number of rotatable bonds is 2.